The maximum absolute atomic E-state index is 12.1. The molecule has 0 aliphatic rings. The van der Waals surface area contributed by atoms with E-state index in [1.54, 1.807) is 50.6 Å². The average molecular weight is 561 g/mol. The smallest absolute Gasteiger partial charge is 0.273 e. The Balaban J connectivity index is 0.000000208. The number of benzene rings is 1. The molecule has 0 aliphatic heterocycles. The van der Waals surface area contributed by atoms with Crippen molar-refractivity contribution in [3.05, 3.63) is 96.7 Å². The van der Waals surface area contributed by atoms with Gasteiger partial charge in [-0.2, -0.15) is 0 Å². The molecule has 0 spiro atoms. The van der Waals surface area contributed by atoms with Crippen LogP contribution in [0.3, 0.4) is 0 Å². The largest absolute Gasteiger partial charge is 0.493 e. The third-order valence-corrected chi connectivity index (χ3v) is 5.57. The van der Waals surface area contributed by atoms with Gasteiger partial charge in [-0.25, -0.2) is 0 Å². The van der Waals surface area contributed by atoms with Gasteiger partial charge in [0.25, 0.3) is 11.8 Å². The lowest BCUT2D eigenvalue weighted by Gasteiger charge is -2.09. The molecule has 0 unspecified atom stereocenters. The van der Waals surface area contributed by atoms with Crippen LogP contribution in [0.15, 0.2) is 97.7 Å². The molecule has 41 heavy (non-hydrogen) atoms. The van der Waals surface area contributed by atoms with Gasteiger partial charge in [0.05, 0.1) is 26.7 Å². The first kappa shape index (κ1) is 28.5. The van der Waals surface area contributed by atoms with Crippen molar-refractivity contribution >= 4 is 11.8 Å². The predicted molar refractivity (Wildman–Crippen MR) is 147 cm³/mol. The molecule has 12 nitrogen and oxygen atoms in total. The van der Waals surface area contributed by atoms with Crippen LogP contribution in [0.2, 0.25) is 0 Å². The second kappa shape index (κ2) is 14.0. The van der Waals surface area contributed by atoms with Gasteiger partial charge in [-0.1, -0.05) is 22.5 Å². The van der Waals surface area contributed by atoms with E-state index in [0.29, 0.717) is 54.1 Å². The fourth-order valence-corrected chi connectivity index (χ4v) is 3.54. The van der Waals surface area contributed by atoms with Crippen molar-refractivity contribution in [3.8, 4) is 34.5 Å². The van der Waals surface area contributed by atoms with Gasteiger partial charge >= 0.3 is 0 Å². The first-order chi connectivity index (χ1) is 20.0. The van der Waals surface area contributed by atoms with Crippen molar-refractivity contribution in [3.63, 3.8) is 0 Å². The highest BCUT2D eigenvalue weighted by Gasteiger charge is 2.15. The summed E-state index contributed by atoms with van der Waals surface area (Å²) in [5, 5.41) is 12.8. The van der Waals surface area contributed by atoms with Gasteiger partial charge in [-0.05, 0) is 48.4 Å². The predicted octanol–water partition coefficient (Wildman–Crippen LogP) is 4.77. The van der Waals surface area contributed by atoms with Gasteiger partial charge in [-0.15, -0.1) is 6.58 Å². The first-order valence-corrected chi connectivity index (χ1v) is 12.4. The molecule has 4 heterocycles. The van der Waals surface area contributed by atoms with Crippen molar-refractivity contribution in [2.75, 3.05) is 27.3 Å². The van der Waals surface area contributed by atoms with Gasteiger partial charge in [0.15, 0.2) is 34.4 Å². The lowest BCUT2D eigenvalue weighted by atomic mass is 10.1. The second-order valence-electron chi connectivity index (χ2n) is 8.30. The van der Waals surface area contributed by atoms with E-state index in [2.05, 4.69) is 27.5 Å². The number of methoxy groups -OCH3 is 2. The monoisotopic (exact) mass is 560 g/mol. The van der Waals surface area contributed by atoms with E-state index in [4.69, 9.17) is 27.4 Å². The molecule has 0 aliphatic carbocycles. The number of carbonyl (C=O) groups is 2. The Labute approximate surface area is 234 Å². The number of hydrogen-bond donors (Lipinski definition) is 2. The summed E-state index contributed by atoms with van der Waals surface area (Å²) >= 11 is 0. The van der Waals surface area contributed by atoms with E-state index >= 15 is 0 Å². The molecule has 2 amide bonds. The van der Waals surface area contributed by atoms with E-state index in [1.165, 1.54) is 18.6 Å². The molecule has 12 heteroatoms. The van der Waals surface area contributed by atoms with Crippen molar-refractivity contribution < 1.29 is 36.9 Å². The SMILES string of the molecule is C=CCNC(=O)c1cc(-c2ccco2)on1.COc1ccc(CCNC(=O)c2cc(-c3ccco3)on2)cc1OC. The number of hydrogen-bond acceptors (Lipinski definition) is 10. The van der Waals surface area contributed by atoms with Crippen LogP contribution in [0.5, 0.6) is 11.5 Å². The summed E-state index contributed by atoms with van der Waals surface area (Å²) in [5.41, 5.74) is 1.45. The Morgan fingerprint density at radius 1 is 0.805 bits per heavy atom. The second-order valence-corrected chi connectivity index (χ2v) is 8.30. The number of rotatable bonds is 11. The van der Waals surface area contributed by atoms with Crippen molar-refractivity contribution in [1.82, 2.24) is 20.9 Å². The average Bonchev–Trinajstić information content (AvgIpc) is 3.82. The van der Waals surface area contributed by atoms with E-state index in [0.717, 1.165) is 5.56 Å². The van der Waals surface area contributed by atoms with Crippen LogP contribution in [-0.4, -0.2) is 49.4 Å². The Hall–Kier alpha value is -5.52. The number of nitrogens with one attached hydrogen (secondary N) is 2. The van der Waals surface area contributed by atoms with Gasteiger partial charge in [-0.3, -0.25) is 9.59 Å². The zero-order valence-electron chi connectivity index (χ0n) is 22.4. The third kappa shape index (κ3) is 7.53. The summed E-state index contributed by atoms with van der Waals surface area (Å²) in [5.74, 6) is 2.62. The first-order valence-electron chi connectivity index (χ1n) is 12.4. The minimum absolute atomic E-state index is 0.207. The Bertz CT molecular complexity index is 1550. The Kier molecular flexibility index (Phi) is 9.75. The number of aromatic nitrogens is 2. The van der Waals surface area contributed by atoms with Crippen LogP contribution in [-0.2, 0) is 6.42 Å². The molecular weight excluding hydrogens is 532 g/mol. The van der Waals surface area contributed by atoms with Crippen LogP contribution in [0.25, 0.3) is 23.0 Å². The van der Waals surface area contributed by atoms with E-state index in [-0.39, 0.29) is 23.2 Å². The molecule has 212 valence electrons. The molecule has 0 saturated heterocycles. The minimum Gasteiger partial charge on any atom is -0.493 e. The Morgan fingerprint density at radius 2 is 1.39 bits per heavy atom. The normalized spacial score (nSPS) is 10.3. The summed E-state index contributed by atoms with van der Waals surface area (Å²) in [6, 6.07) is 15.7. The third-order valence-electron chi connectivity index (χ3n) is 5.57. The van der Waals surface area contributed by atoms with Crippen molar-refractivity contribution in [2.24, 2.45) is 0 Å². The van der Waals surface area contributed by atoms with Gasteiger partial charge in [0, 0.05) is 25.2 Å². The van der Waals surface area contributed by atoms with Gasteiger partial charge < -0.3 is 38.0 Å². The van der Waals surface area contributed by atoms with Crippen LogP contribution in [0.1, 0.15) is 26.5 Å². The van der Waals surface area contributed by atoms with Gasteiger partial charge in [0.1, 0.15) is 0 Å². The highest BCUT2D eigenvalue weighted by Crippen LogP contribution is 2.27. The lowest BCUT2D eigenvalue weighted by molar-refractivity contribution is 0.0938. The van der Waals surface area contributed by atoms with E-state index < -0.39 is 0 Å². The van der Waals surface area contributed by atoms with Crippen LogP contribution >= 0.6 is 0 Å². The molecule has 0 radical (unpaired) electrons. The van der Waals surface area contributed by atoms with Crippen molar-refractivity contribution in [1.29, 1.82) is 0 Å². The van der Waals surface area contributed by atoms with Crippen LogP contribution in [0, 0.1) is 0 Å². The molecule has 4 aromatic heterocycles. The minimum atomic E-state index is -0.304. The molecule has 2 N–H and O–H groups in total. The number of furan rings is 2. The number of amides is 2. The zero-order chi connectivity index (χ0) is 29.0. The number of nitrogens with zero attached hydrogens (tertiary/aromatic N) is 2. The summed E-state index contributed by atoms with van der Waals surface area (Å²) in [6.45, 7) is 4.34. The molecule has 0 saturated carbocycles. The van der Waals surface area contributed by atoms with Gasteiger partial charge in [0.2, 0.25) is 11.5 Å². The molecule has 0 fully saturated rings. The highest BCUT2D eigenvalue weighted by molar-refractivity contribution is 5.93. The number of ether oxygens (including phenoxy) is 2. The summed E-state index contributed by atoms with van der Waals surface area (Å²) in [6.07, 6.45) is 5.29. The molecular formula is C29H28N4O8. The topological polar surface area (TPSA) is 155 Å². The highest BCUT2D eigenvalue weighted by atomic mass is 16.5. The van der Waals surface area contributed by atoms with E-state index in [9.17, 15) is 9.59 Å². The molecule has 0 bridgehead atoms. The van der Waals surface area contributed by atoms with E-state index in [1.807, 2.05) is 18.2 Å². The van der Waals surface area contributed by atoms with Crippen LogP contribution in [0.4, 0.5) is 0 Å². The molecule has 1 aromatic carbocycles. The van der Waals surface area contributed by atoms with Crippen molar-refractivity contribution in [2.45, 2.75) is 6.42 Å². The maximum atomic E-state index is 12.1. The fourth-order valence-electron chi connectivity index (χ4n) is 3.54. The molecule has 0 atom stereocenters. The summed E-state index contributed by atoms with van der Waals surface area (Å²) < 4.78 is 30.9. The summed E-state index contributed by atoms with van der Waals surface area (Å²) in [4.78, 5) is 23.6. The lowest BCUT2D eigenvalue weighted by Crippen LogP contribution is -2.25. The fraction of sp³-hybridized carbons (Fsp3) is 0.172. The molecule has 5 aromatic rings. The van der Waals surface area contributed by atoms with Crippen LogP contribution < -0.4 is 20.1 Å². The summed E-state index contributed by atoms with van der Waals surface area (Å²) in [7, 11) is 3.18. The Morgan fingerprint density at radius 3 is 1.90 bits per heavy atom. The zero-order valence-corrected chi connectivity index (χ0v) is 22.4. The standard InChI is InChI=1S/C18H18N2O5.C11H10N2O3/c1-22-14-6-5-12(10-16(14)23-2)7-8-19-18(21)13-11-17(25-20-13)15-4-3-9-24-15;1-2-5-12-11(14)8-7-10(16-13-8)9-4-3-6-15-9/h3-6,9-11H,7-8H2,1-2H3,(H,19,21);2-4,6-7H,1,5H2,(H,12,14). The number of carbonyl (C=O) groups excluding carboxylic acids is 2. The quantitative estimate of drug-likeness (QED) is 0.216. The maximum Gasteiger partial charge on any atom is 0.273 e. The molecule has 5 rings (SSSR count).